The molecule has 1 N–H and O–H groups in total. The van der Waals surface area contributed by atoms with Crippen LogP contribution in [0.3, 0.4) is 0 Å². The topological polar surface area (TPSA) is 46.2 Å². The summed E-state index contributed by atoms with van der Waals surface area (Å²) < 4.78 is 40.9. The van der Waals surface area contributed by atoms with Gasteiger partial charge >= 0.3 is 0 Å². The van der Waals surface area contributed by atoms with Gasteiger partial charge in [-0.2, -0.15) is 0 Å². The molecule has 106 valence electrons. The number of nitrogens with one attached hydrogen (secondary N) is 1. The first-order chi connectivity index (χ1) is 9.31. The van der Waals surface area contributed by atoms with Crippen molar-refractivity contribution in [3.63, 3.8) is 0 Å². The first-order valence-corrected chi connectivity index (χ1v) is 8.55. The van der Waals surface area contributed by atoms with Crippen molar-refractivity contribution in [2.45, 2.75) is 4.90 Å². The molecule has 0 saturated heterocycles. The second-order valence-corrected chi connectivity index (χ2v) is 7.46. The molecule has 0 amide bonds. The molecule has 2 aromatic rings. The van der Waals surface area contributed by atoms with Crippen molar-refractivity contribution in [3.8, 4) is 0 Å². The highest BCUT2D eigenvalue weighted by Gasteiger charge is 2.20. The molecule has 0 aliphatic carbocycles. The van der Waals surface area contributed by atoms with Crippen molar-refractivity contribution < 1.29 is 12.8 Å². The molecule has 0 spiro atoms. The van der Waals surface area contributed by atoms with Crippen LogP contribution < -0.4 is 4.72 Å². The van der Waals surface area contributed by atoms with Gasteiger partial charge < -0.3 is 0 Å². The van der Waals surface area contributed by atoms with Gasteiger partial charge in [0.25, 0.3) is 10.0 Å². The van der Waals surface area contributed by atoms with Gasteiger partial charge in [0, 0.05) is 3.57 Å². The standard InChI is InChI=1S/C12H7Cl2FINO2S/c13-8-2-1-3-11(12(8)14)20(18,19)17-10-5-4-7(16)6-9(10)15/h1-6,17H. The maximum Gasteiger partial charge on any atom is 0.263 e. The fourth-order valence-electron chi connectivity index (χ4n) is 1.46. The Morgan fingerprint density at radius 3 is 2.50 bits per heavy atom. The van der Waals surface area contributed by atoms with E-state index >= 15 is 0 Å². The predicted octanol–water partition coefficient (Wildman–Crippen LogP) is 4.54. The Bertz CT molecular complexity index is 768. The van der Waals surface area contributed by atoms with Gasteiger partial charge in [0.2, 0.25) is 0 Å². The minimum absolute atomic E-state index is 0.104. The smallest absolute Gasteiger partial charge is 0.263 e. The molecule has 0 unspecified atom stereocenters. The first-order valence-electron chi connectivity index (χ1n) is 5.23. The fraction of sp³-hybridized carbons (Fsp3) is 0. The molecule has 0 radical (unpaired) electrons. The lowest BCUT2D eigenvalue weighted by molar-refractivity contribution is 0.598. The summed E-state index contributed by atoms with van der Waals surface area (Å²) in [6.45, 7) is 0. The minimum atomic E-state index is -4.01. The van der Waals surface area contributed by atoms with Gasteiger partial charge in [0.05, 0.1) is 15.7 Å². The Morgan fingerprint density at radius 1 is 1.15 bits per heavy atom. The zero-order chi connectivity index (χ0) is 14.9. The van der Waals surface area contributed by atoms with Crippen LogP contribution in [0.15, 0.2) is 41.3 Å². The van der Waals surface area contributed by atoms with Crippen molar-refractivity contribution in [3.05, 3.63) is 55.8 Å². The van der Waals surface area contributed by atoms with Crippen LogP contribution in [0.1, 0.15) is 0 Å². The Labute approximate surface area is 139 Å². The molecular formula is C12H7Cl2FINO2S. The molecule has 3 nitrogen and oxygen atoms in total. The lowest BCUT2D eigenvalue weighted by Crippen LogP contribution is -2.14. The van der Waals surface area contributed by atoms with Crippen molar-refractivity contribution in [1.29, 1.82) is 0 Å². The molecule has 20 heavy (non-hydrogen) atoms. The number of halogens is 4. The molecule has 0 aromatic heterocycles. The number of hydrogen-bond donors (Lipinski definition) is 1. The normalized spacial score (nSPS) is 11.4. The summed E-state index contributed by atoms with van der Waals surface area (Å²) in [5.41, 5.74) is -0.151. The van der Waals surface area contributed by atoms with Crippen LogP contribution in [0.2, 0.25) is 10.0 Å². The highest BCUT2D eigenvalue weighted by atomic mass is 127. The van der Waals surface area contributed by atoms with E-state index in [1.54, 1.807) is 6.07 Å². The molecule has 8 heteroatoms. The average Bonchev–Trinajstić information content (AvgIpc) is 2.36. The van der Waals surface area contributed by atoms with Gasteiger partial charge in [-0.05, 0) is 52.9 Å². The van der Waals surface area contributed by atoms with E-state index in [4.69, 9.17) is 23.2 Å². The van der Waals surface area contributed by atoms with Gasteiger partial charge in [0.1, 0.15) is 10.7 Å². The third kappa shape index (κ3) is 3.36. The quantitative estimate of drug-likeness (QED) is 0.705. The van der Waals surface area contributed by atoms with Crippen molar-refractivity contribution in [2.24, 2.45) is 0 Å². The molecule has 0 aliphatic heterocycles. The molecular weight excluding hydrogens is 439 g/mol. The van der Waals surface area contributed by atoms with E-state index in [0.717, 1.165) is 0 Å². The van der Waals surface area contributed by atoms with Crippen LogP contribution in [0.4, 0.5) is 10.1 Å². The molecule has 2 aromatic carbocycles. The number of rotatable bonds is 3. The highest BCUT2D eigenvalue weighted by Crippen LogP contribution is 2.30. The third-order valence-electron chi connectivity index (χ3n) is 2.38. The van der Waals surface area contributed by atoms with Crippen molar-refractivity contribution in [2.75, 3.05) is 4.72 Å². The molecule has 0 bridgehead atoms. The summed E-state index contributed by atoms with van der Waals surface area (Å²) in [4.78, 5) is -0.204. The fourth-order valence-corrected chi connectivity index (χ4v) is 3.75. The summed E-state index contributed by atoms with van der Waals surface area (Å²) >= 11 is 13.6. The zero-order valence-electron chi connectivity index (χ0n) is 9.70. The van der Waals surface area contributed by atoms with E-state index in [9.17, 15) is 12.8 Å². The van der Waals surface area contributed by atoms with E-state index < -0.39 is 15.8 Å². The van der Waals surface area contributed by atoms with Gasteiger partial charge in [-0.1, -0.05) is 29.3 Å². The SMILES string of the molecule is O=S(=O)(Nc1ccc(I)cc1F)c1cccc(Cl)c1Cl. The zero-order valence-corrected chi connectivity index (χ0v) is 14.2. The number of sulfonamides is 1. The van der Waals surface area contributed by atoms with Crippen molar-refractivity contribution >= 4 is 61.5 Å². The van der Waals surface area contributed by atoms with E-state index in [1.807, 2.05) is 22.6 Å². The Balaban J connectivity index is 2.44. The monoisotopic (exact) mass is 445 g/mol. The third-order valence-corrected chi connectivity index (χ3v) is 5.39. The van der Waals surface area contributed by atoms with Gasteiger partial charge in [0.15, 0.2) is 0 Å². The maximum absolute atomic E-state index is 13.7. The lowest BCUT2D eigenvalue weighted by atomic mass is 10.3. The average molecular weight is 446 g/mol. The molecule has 0 aliphatic rings. The Hall–Kier alpha value is -0.570. The van der Waals surface area contributed by atoms with Gasteiger partial charge in [-0.15, -0.1) is 0 Å². The molecule has 0 fully saturated rings. The van der Waals surface area contributed by atoms with Crippen LogP contribution in [0.25, 0.3) is 0 Å². The maximum atomic E-state index is 13.7. The van der Waals surface area contributed by atoms with E-state index in [1.165, 1.54) is 30.3 Å². The second-order valence-electron chi connectivity index (χ2n) is 3.78. The molecule has 0 heterocycles. The molecule has 0 saturated carbocycles. The summed E-state index contributed by atoms with van der Waals surface area (Å²) in [5, 5.41) is 0.00482. The number of benzene rings is 2. The van der Waals surface area contributed by atoms with Crippen LogP contribution in [-0.4, -0.2) is 8.42 Å². The summed E-state index contributed by atoms with van der Waals surface area (Å²) in [5.74, 6) is -0.668. The van der Waals surface area contributed by atoms with E-state index in [2.05, 4.69) is 4.72 Å². The van der Waals surface area contributed by atoms with Crippen LogP contribution in [0.5, 0.6) is 0 Å². The predicted molar refractivity (Wildman–Crippen MR) is 86.4 cm³/mol. The Morgan fingerprint density at radius 2 is 1.85 bits per heavy atom. The summed E-state index contributed by atoms with van der Waals surface area (Å²) in [7, 11) is -4.01. The highest BCUT2D eigenvalue weighted by molar-refractivity contribution is 14.1. The molecule has 2 rings (SSSR count). The van der Waals surface area contributed by atoms with E-state index in [-0.39, 0.29) is 20.6 Å². The number of anilines is 1. The van der Waals surface area contributed by atoms with Crippen LogP contribution in [0, 0.1) is 9.39 Å². The molecule has 0 atom stereocenters. The van der Waals surface area contributed by atoms with Gasteiger partial charge in [-0.25, -0.2) is 12.8 Å². The summed E-state index contributed by atoms with van der Waals surface area (Å²) in [6, 6.07) is 8.36. The minimum Gasteiger partial charge on any atom is -0.277 e. The van der Waals surface area contributed by atoms with Crippen LogP contribution >= 0.6 is 45.8 Å². The van der Waals surface area contributed by atoms with Crippen molar-refractivity contribution in [1.82, 2.24) is 0 Å². The Kier molecular flexibility index (Phi) is 4.78. The van der Waals surface area contributed by atoms with Crippen LogP contribution in [-0.2, 0) is 10.0 Å². The second kappa shape index (κ2) is 6.05. The number of hydrogen-bond acceptors (Lipinski definition) is 2. The van der Waals surface area contributed by atoms with E-state index in [0.29, 0.717) is 3.57 Å². The summed E-state index contributed by atoms with van der Waals surface area (Å²) in [6.07, 6.45) is 0. The first kappa shape index (κ1) is 15.8. The van der Waals surface area contributed by atoms with Gasteiger partial charge in [-0.3, -0.25) is 4.72 Å². The lowest BCUT2D eigenvalue weighted by Gasteiger charge is -2.11. The largest absolute Gasteiger partial charge is 0.277 e.